The van der Waals surface area contributed by atoms with Gasteiger partial charge in [-0.1, -0.05) is 0 Å². The largest absolute Gasteiger partial charge is 0.454 e. The van der Waals surface area contributed by atoms with E-state index in [1.54, 1.807) is 0 Å². The molecule has 2 atom stereocenters. The zero-order chi connectivity index (χ0) is 6.15. The summed E-state index contributed by atoms with van der Waals surface area (Å²) >= 11 is 2.23. The lowest BCUT2D eigenvalue weighted by Gasteiger charge is -2.02. The van der Waals surface area contributed by atoms with Crippen LogP contribution in [-0.2, 0) is 9.31 Å². The van der Waals surface area contributed by atoms with Crippen LogP contribution in [0.25, 0.3) is 0 Å². The second kappa shape index (κ2) is 2.53. The summed E-state index contributed by atoms with van der Waals surface area (Å²) in [6, 6.07) is 0. The summed E-state index contributed by atoms with van der Waals surface area (Å²) in [5.74, 6) is 0. The first kappa shape index (κ1) is 6.83. The molecule has 0 spiro atoms. The molecule has 0 aromatic carbocycles. The summed E-state index contributed by atoms with van der Waals surface area (Å²) in [5, 5.41) is 0. The molecule has 0 aromatic rings. The van der Waals surface area contributed by atoms with Crippen molar-refractivity contribution in [2.75, 3.05) is 0 Å². The molecule has 1 aliphatic heterocycles. The van der Waals surface area contributed by atoms with Gasteiger partial charge in [-0.15, -0.1) is 0 Å². The average molecular weight is 226 g/mol. The third-order valence-corrected chi connectivity index (χ3v) is 2.40. The molecule has 8 heavy (non-hydrogen) atoms. The highest BCUT2D eigenvalue weighted by Gasteiger charge is 2.30. The second-order valence-electron chi connectivity index (χ2n) is 1.90. The fourth-order valence-corrected chi connectivity index (χ4v) is 1.27. The van der Waals surface area contributed by atoms with Crippen molar-refractivity contribution in [2.24, 2.45) is 0 Å². The molecule has 0 amide bonds. The number of alkyl halides is 1. The summed E-state index contributed by atoms with van der Waals surface area (Å²) < 4.78 is 10.7. The molecule has 1 fully saturated rings. The molecule has 46 valence electrons. The van der Waals surface area contributed by atoms with Gasteiger partial charge in [-0.25, -0.2) is 0 Å². The van der Waals surface area contributed by atoms with Gasteiger partial charge >= 0.3 is 7.12 Å². The van der Waals surface area contributed by atoms with Crippen LogP contribution in [-0.4, -0.2) is 17.3 Å². The zero-order valence-corrected chi connectivity index (χ0v) is 7.08. The van der Waals surface area contributed by atoms with Gasteiger partial charge in [0.1, 0.15) is 4.11 Å². The fourth-order valence-electron chi connectivity index (χ4n) is 0.690. The third kappa shape index (κ3) is 1.36. The lowest BCUT2D eigenvalue weighted by Crippen LogP contribution is -2.10. The van der Waals surface area contributed by atoms with E-state index in [2.05, 4.69) is 22.6 Å². The molecule has 2 unspecified atom stereocenters. The number of hydrogen-bond donors (Lipinski definition) is 0. The molecule has 0 bridgehead atoms. The van der Waals surface area contributed by atoms with Crippen LogP contribution in [0.15, 0.2) is 0 Å². The van der Waals surface area contributed by atoms with Crippen LogP contribution < -0.4 is 0 Å². The van der Waals surface area contributed by atoms with Crippen molar-refractivity contribution in [1.82, 2.24) is 0 Å². The van der Waals surface area contributed by atoms with Gasteiger partial charge in [0.05, 0.1) is 6.10 Å². The number of hydrogen-bond acceptors (Lipinski definition) is 2. The molecule has 1 heterocycles. The fraction of sp³-hybridized carbons (Fsp3) is 1.00. The van der Waals surface area contributed by atoms with Crippen molar-refractivity contribution in [3.8, 4) is 0 Å². The van der Waals surface area contributed by atoms with Gasteiger partial charge in [-0.3, -0.25) is 0 Å². The molecule has 1 aliphatic rings. The van der Waals surface area contributed by atoms with E-state index in [1.165, 1.54) is 0 Å². The Balaban J connectivity index is 2.39. The summed E-state index contributed by atoms with van der Waals surface area (Å²) in [6.45, 7) is 3.93. The third-order valence-electron chi connectivity index (χ3n) is 1.10. The van der Waals surface area contributed by atoms with E-state index >= 15 is 0 Å². The Labute approximate surface area is 63.2 Å². The Kier molecular flexibility index (Phi) is 2.16. The highest BCUT2D eigenvalue weighted by molar-refractivity contribution is 14.1. The van der Waals surface area contributed by atoms with Crippen LogP contribution in [0.2, 0.25) is 6.82 Å². The maximum atomic E-state index is 5.24. The van der Waals surface area contributed by atoms with Gasteiger partial charge in [-0.2, -0.15) is 0 Å². The van der Waals surface area contributed by atoms with Crippen LogP contribution in [0.1, 0.15) is 6.92 Å². The molecule has 0 radical (unpaired) electrons. The quantitative estimate of drug-likeness (QED) is 0.352. The topological polar surface area (TPSA) is 18.5 Å². The van der Waals surface area contributed by atoms with Crippen LogP contribution in [0.4, 0.5) is 0 Å². The predicted molar refractivity (Wildman–Crippen MR) is 41.1 cm³/mol. The van der Waals surface area contributed by atoms with Crippen LogP contribution >= 0.6 is 22.6 Å². The van der Waals surface area contributed by atoms with E-state index in [4.69, 9.17) is 9.31 Å². The van der Waals surface area contributed by atoms with E-state index in [0.29, 0.717) is 0 Å². The highest BCUT2D eigenvalue weighted by atomic mass is 127. The summed E-state index contributed by atoms with van der Waals surface area (Å²) in [6.07, 6.45) is 0.255. The maximum Gasteiger partial charge on any atom is 0.454 e. The van der Waals surface area contributed by atoms with Crippen molar-refractivity contribution in [3.05, 3.63) is 0 Å². The van der Waals surface area contributed by atoms with Crippen molar-refractivity contribution in [2.45, 2.75) is 24.0 Å². The van der Waals surface area contributed by atoms with Gasteiger partial charge in [0.2, 0.25) is 0 Å². The lowest BCUT2D eigenvalue weighted by molar-refractivity contribution is 0.247. The molecule has 0 aliphatic carbocycles. The van der Waals surface area contributed by atoms with E-state index in [9.17, 15) is 0 Å². The maximum absolute atomic E-state index is 5.24. The van der Waals surface area contributed by atoms with E-state index in [-0.39, 0.29) is 17.3 Å². The minimum Gasteiger partial charge on any atom is -0.405 e. The first-order valence-electron chi connectivity index (χ1n) is 2.65. The van der Waals surface area contributed by atoms with Crippen LogP contribution in [0, 0.1) is 0 Å². The van der Waals surface area contributed by atoms with E-state index in [0.717, 1.165) is 0 Å². The zero-order valence-electron chi connectivity index (χ0n) is 4.93. The number of halogens is 1. The summed E-state index contributed by atoms with van der Waals surface area (Å²) in [4.78, 5) is 0. The molecular formula is C4H8BIO2. The first-order valence-corrected chi connectivity index (χ1v) is 3.89. The lowest BCUT2D eigenvalue weighted by atomic mass is 9.97. The monoisotopic (exact) mass is 226 g/mol. The minimum absolute atomic E-state index is 0.00750. The summed E-state index contributed by atoms with van der Waals surface area (Å²) in [5.41, 5.74) is 0. The van der Waals surface area contributed by atoms with Gasteiger partial charge < -0.3 is 9.31 Å². The van der Waals surface area contributed by atoms with E-state index < -0.39 is 0 Å². The SMILES string of the molecule is CB1OC(C)C(I)O1. The standard InChI is InChI=1S/C4H8BIO2/c1-3-4(6)8-5(2)7-3/h3-4H,1-2H3. The molecular weight excluding hydrogens is 218 g/mol. The van der Waals surface area contributed by atoms with Crippen LogP contribution in [0.3, 0.4) is 0 Å². The van der Waals surface area contributed by atoms with Crippen molar-refractivity contribution in [1.29, 1.82) is 0 Å². The molecule has 0 aromatic heterocycles. The predicted octanol–water partition coefficient (Wildman–Crippen LogP) is 1.30. The molecule has 0 N–H and O–H groups in total. The average Bonchev–Trinajstić information content (AvgIpc) is 1.85. The highest BCUT2D eigenvalue weighted by Crippen LogP contribution is 2.20. The van der Waals surface area contributed by atoms with Crippen molar-refractivity contribution in [3.63, 3.8) is 0 Å². The van der Waals surface area contributed by atoms with Crippen LogP contribution in [0.5, 0.6) is 0 Å². The molecule has 4 heteroatoms. The van der Waals surface area contributed by atoms with Crippen molar-refractivity contribution >= 4 is 29.7 Å². The summed E-state index contributed by atoms with van der Waals surface area (Å²) in [7, 11) is -0.00750. The number of rotatable bonds is 0. The Morgan fingerprint density at radius 2 is 2.12 bits per heavy atom. The van der Waals surface area contributed by atoms with Gasteiger partial charge in [-0.05, 0) is 36.3 Å². The second-order valence-corrected chi connectivity index (χ2v) is 3.12. The molecule has 1 rings (SSSR count). The molecule has 2 nitrogen and oxygen atoms in total. The van der Waals surface area contributed by atoms with E-state index in [1.807, 2.05) is 13.7 Å². The Morgan fingerprint density at radius 1 is 1.50 bits per heavy atom. The molecule has 1 saturated heterocycles. The first-order chi connectivity index (χ1) is 3.70. The Hall–Kier alpha value is 0.715. The normalized spacial score (nSPS) is 38.6. The molecule has 0 saturated carbocycles. The van der Waals surface area contributed by atoms with Crippen molar-refractivity contribution < 1.29 is 9.31 Å². The minimum atomic E-state index is -0.00750. The van der Waals surface area contributed by atoms with Gasteiger partial charge in [0.25, 0.3) is 0 Å². The van der Waals surface area contributed by atoms with Gasteiger partial charge in [0, 0.05) is 0 Å². The smallest absolute Gasteiger partial charge is 0.405 e. The van der Waals surface area contributed by atoms with Gasteiger partial charge in [0.15, 0.2) is 0 Å². The Morgan fingerprint density at radius 3 is 2.25 bits per heavy atom. The Bertz CT molecular complexity index is 80.1.